The fourth-order valence-electron chi connectivity index (χ4n) is 2.86. The third kappa shape index (κ3) is 3.49. The van der Waals surface area contributed by atoms with Crippen molar-refractivity contribution in [1.82, 2.24) is 0 Å². The summed E-state index contributed by atoms with van der Waals surface area (Å²) in [6, 6.07) is 5.89. The third-order valence-corrected chi connectivity index (χ3v) is 4.03. The molecule has 0 heterocycles. The first-order valence-corrected chi connectivity index (χ1v) is 7.21. The fraction of sp³-hybridized carbons (Fsp3) is 0.562. The van der Waals surface area contributed by atoms with Crippen LogP contribution in [0, 0.1) is 18.3 Å². The van der Waals surface area contributed by atoms with Crippen LogP contribution < -0.4 is 10.5 Å². The van der Waals surface area contributed by atoms with Gasteiger partial charge in [-0.1, -0.05) is 31.4 Å². The number of benzene rings is 1. The summed E-state index contributed by atoms with van der Waals surface area (Å²) in [4.78, 5) is 0. The summed E-state index contributed by atoms with van der Waals surface area (Å²) >= 11 is 0. The Hall–Kier alpha value is -1.51. The van der Waals surface area contributed by atoms with Crippen molar-refractivity contribution >= 4 is 5.84 Å². The van der Waals surface area contributed by atoms with Gasteiger partial charge in [0.05, 0.1) is 11.7 Å². The molecule has 1 aromatic carbocycles. The molecule has 104 valence electrons. The molecule has 0 amide bonds. The average Bonchev–Trinajstić information content (AvgIpc) is 2.41. The van der Waals surface area contributed by atoms with Crippen LogP contribution in [0.15, 0.2) is 18.2 Å². The molecule has 1 aromatic rings. The van der Waals surface area contributed by atoms with Crippen molar-refractivity contribution in [2.75, 3.05) is 0 Å². The molecule has 1 saturated carbocycles. The second-order valence-electron chi connectivity index (χ2n) is 5.59. The summed E-state index contributed by atoms with van der Waals surface area (Å²) in [5, 5.41) is 7.66. The zero-order valence-corrected chi connectivity index (χ0v) is 11.9. The number of rotatable bonds is 4. The number of hydrogen-bond acceptors (Lipinski definition) is 2. The predicted octanol–water partition coefficient (Wildman–Crippen LogP) is 3.63. The maximum Gasteiger partial charge on any atom is 0.130 e. The largest absolute Gasteiger partial charge is 0.490 e. The van der Waals surface area contributed by atoms with E-state index in [2.05, 4.69) is 6.92 Å². The quantitative estimate of drug-likeness (QED) is 0.641. The Morgan fingerprint density at radius 1 is 1.42 bits per heavy atom. The molecule has 0 bridgehead atoms. The smallest absolute Gasteiger partial charge is 0.130 e. The molecule has 3 heteroatoms. The van der Waals surface area contributed by atoms with Crippen LogP contribution in [0.25, 0.3) is 0 Å². The van der Waals surface area contributed by atoms with E-state index in [1.165, 1.54) is 19.3 Å². The van der Waals surface area contributed by atoms with Crippen molar-refractivity contribution in [3.8, 4) is 5.75 Å². The van der Waals surface area contributed by atoms with Crippen molar-refractivity contribution < 1.29 is 4.74 Å². The zero-order valence-electron chi connectivity index (χ0n) is 11.9. The van der Waals surface area contributed by atoms with Crippen LogP contribution in [0.5, 0.6) is 5.75 Å². The van der Waals surface area contributed by atoms with E-state index in [0.29, 0.717) is 0 Å². The summed E-state index contributed by atoms with van der Waals surface area (Å²) < 4.78 is 6.11. The highest BCUT2D eigenvalue weighted by atomic mass is 16.5. The summed E-state index contributed by atoms with van der Waals surface area (Å²) in [6.45, 7) is 4.25. The number of nitrogens with one attached hydrogen (secondary N) is 1. The van der Waals surface area contributed by atoms with E-state index in [9.17, 15) is 0 Å². The fourth-order valence-corrected chi connectivity index (χ4v) is 2.86. The van der Waals surface area contributed by atoms with Crippen molar-refractivity contribution in [3.05, 3.63) is 29.3 Å². The SMILES string of the molecule is CCC1CCCC(Oc2ccc(C)cc2C(=N)N)C1. The van der Waals surface area contributed by atoms with Gasteiger partial charge in [0.2, 0.25) is 0 Å². The van der Waals surface area contributed by atoms with E-state index in [0.717, 1.165) is 35.6 Å². The molecule has 0 aromatic heterocycles. The number of hydrogen-bond donors (Lipinski definition) is 2. The lowest BCUT2D eigenvalue weighted by Crippen LogP contribution is -2.26. The predicted molar refractivity (Wildman–Crippen MR) is 78.9 cm³/mol. The van der Waals surface area contributed by atoms with E-state index in [1.807, 2.05) is 25.1 Å². The van der Waals surface area contributed by atoms with Gasteiger partial charge in [-0.15, -0.1) is 0 Å². The Balaban J connectivity index is 2.12. The minimum absolute atomic E-state index is 0.0848. The molecule has 1 fully saturated rings. The maximum absolute atomic E-state index is 7.66. The molecule has 1 aliphatic carbocycles. The normalized spacial score (nSPS) is 23.1. The van der Waals surface area contributed by atoms with Crippen LogP contribution in [0.4, 0.5) is 0 Å². The van der Waals surface area contributed by atoms with Gasteiger partial charge in [-0.3, -0.25) is 5.41 Å². The molecule has 1 aliphatic rings. The van der Waals surface area contributed by atoms with Crippen molar-refractivity contribution in [2.45, 2.75) is 52.1 Å². The highest BCUT2D eigenvalue weighted by Crippen LogP contribution is 2.31. The number of aryl methyl sites for hydroxylation is 1. The van der Waals surface area contributed by atoms with E-state index in [-0.39, 0.29) is 11.9 Å². The Morgan fingerprint density at radius 3 is 2.89 bits per heavy atom. The first-order valence-electron chi connectivity index (χ1n) is 7.21. The molecule has 3 nitrogen and oxygen atoms in total. The van der Waals surface area contributed by atoms with E-state index >= 15 is 0 Å². The van der Waals surface area contributed by atoms with Crippen LogP contribution in [-0.2, 0) is 0 Å². The summed E-state index contributed by atoms with van der Waals surface area (Å²) in [6.07, 6.45) is 6.31. The van der Waals surface area contributed by atoms with Crippen molar-refractivity contribution in [1.29, 1.82) is 5.41 Å². The highest BCUT2D eigenvalue weighted by molar-refractivity contribution is 5.97. The summed E-state index contributed by atoms with van der Waals surface area (Å²) in [7, 11) is 0. The molecule has 19 heavy (non-hydrogen) atoms. The highest BCUT2D eigenvalue weighted by Gasteiger charge is 2.23. The van der Waals surface area contributed by atoms with Gasteiger partial charge in [-0.25, -0.2) is 0 Å². The second kappa shape index (κ2) is 6.09. The Kier molecular flexibility index (Phi) is 4.46. The molecular weight excluding hydrogens is 236 g/mol. The van der Waals surface area contributed by atoms with E-state index in [4.69, 9.17) is 15.9 Å². The lowest BCUT2D eigenvalue weighted by molar-refractivity contribution is 0.122. The Morgan fingerprint density at radius 2 is 2.21 bits per heavy atom. The van der Waals surface area contributed by atoms with Crippen LogP contribution in [-0.4, -0.2) is 11.9 Å². The van der Waals surface area contributed by atoms with Gasteiger partial charge in [-0.05, 0) is 44.2 Å². The van der Waals surface area contributed by atoms with Crippen LogP contribution in [0.1, 0.15) is 50.2 Å². The third-order valence-electron chi connectivity index (χ3n) is 4.03. The van der Waals surface area contributed by atoms with Crippen molar-refractivity contribution in [3.63, 3.8) is 0 Å². The molecule has 0 saturated heterocycles. The molecule has 0 spiro atoms. The van der Waals surface area contributed by atoms with Gasteiger partial charge in [0.25, 0.3) is 0 Å². The van der Waals surface area contributed by atoms with Gasteiger partial charge < -0.3 is 10.5 Å². The molecule has 2 rings (SSSR count). The lowest BCUT2D eigenvalue weighted by atomic mass is 9.85. The van der Waals surface area contributed by atoms with Gasteiger partial charge >= 0.3 is 0 Å². The summed E-state index contributed by atoms with van der Waals surface area (Å²) in [5.74, 6) is 1.63. The standard InChI is InChI=1S/C16H24N2O/c1-3-12-5-4-6-13(10-12)19-15-8-7-11(2)9-14(15)16(17)18/h7-9,12-13H,3-6,10H2,1-2H3,(H3,17,18). The minimum atomic E-state index is 0.0848. The number of ether oxygens (including phenoxy) is 1. The molecular formula is C16H24N2O. The molecule has 0 aliphatic heterocycles. The topological polar surface area (TPSA) is 59.1 Å². The van der Waals surface area contributed by atoms with E-state index in [1.54, 1.807) is 0 Å². The molecule has 0 radical (unpaired) electrons. The van der Waals surface area contributed by atoms with Gasteiger partial charge in [0.15, 0.2) is 0 Å². The first kappa shape index (κ1) is 13.9. The van der Waals surface area contributed by atoms with Crippen molar-refractivity contribution in [2.24, 2.45) is 11.7 Å². The Labute approximate surface area is 115 Å². The zero-order chi connectivity index (χ0) is 13.8. The maximum atomic E-state index is 7.66. The van der Waals surface area contributed by atoms with Crippen LogP contribution >= 0.6 is 0 Å². The van der Waals surface area contributed by atoms with Gasteiger partial charge in [-0.2, -0.15) is 0 Å². The second-order valence-corrected chi connectivity index (χ2v) is 5.59. The molecule has 2 unspecified atom stereocenters. The van der Waals surface area contributed by atoms with Crippen LogP contribution in [0.3, 0.4) is 0 Å². The first-order chi connectivity index (χ1) is 9.10. The number of amidine groups is 1. The monoisotopic (exact) mass is 260 g/mol. The summed E-state index contributed by atoms with van der Waals surface area (Å²) in [5.41, 5.74) is 7.47. The molecule has 2 atom stereocenters. The minimum Gasteiger partial charge on any atom is -0.490 e. The molecule has 3 N–H and O–H groups in total. The Bertz CT molecular complexity index is 456. The van der Waals surface area contributed by atoms with Gasteiger partial charge in [0.1, 0.15) is 11.6 Å². The number of nitrogen functional groups attached to an aromatic ring is 1. The average molecular weight is 260 g/mol. The van der Waals surface area contributed by atoms with Gasteiger partial charge in [0, 0.05) is 0 Å². The lowest BCUT2D eigenvalue weighted by Gasteiger charge is -2.29. The van der Waals surface area contributed by atoms with Crippen LogP contribution in [0.2, 0.25) is 0 Å². The number of nitrogens with two attached hydrogens (primary N) is 1. The van der Waals surface area contributed by atoms with E-state index < -0.39 is 0 Å².